The molecular formula is C14H13FN2O3. The van der Waals surface area contributed by atoms with Gasteiger partial charge < -0.3 is 15.0 Å². The molecule has 1 aromatic carbocycles. The van der Waals surface area contributed by atoms with E-state index in [1.54, 1.807) is 18.3 Å². The third-order valence-corrected chi connectivity index (χ3v) is 2.60. The van der Waals surface area contributed by atoms with Crippen molar-refractivity contribution in [2.24, 2.45) is 0 Å². The van der Waals surface area contributed by atoms with Gasteiger partial charge in [-0.1, -0.05) is 12.1 Å². The zero-order chi connectivity index (χ0) is 14.5. The van der Waals surface area contributed by atoms with Gasteiger partial charge in [-0.25, -0.2) is 9.18 Å². The van der Waals surface area contributed by atoms with Crippen LogP contribution in [0.2, 0.25) is 0 Å². The number of H-pyrrole nitrogens is 1. The zero-order valence-corrected chi connectivity index (χ0v) is 10.7. The van der Waals surface area contributed by atoms with Crippen LogP contribution in [0.25, 0.3) is 0 Å². The summed E-state index contributed by atoms with van der Waals surface area (Å²) in [5, 5.41) is 2.36. The van der Waals surface area contributed by atoms with Gasteiger partial charge in [0, 0.05) is 6.20 Å². The summed E-state index contributed by atoms with van der Waals surface area (Å²) in [5.41, 5.74) is 0.288. The molecule has 0 saturated heterocycles. The molecule has 2 N–H and O–H groups in total. The smallest absolute Gasteiger partial charge is 0.355 e. The number of ether oxygens (including phenoxy) is 1. The van der Waals surface area contributed by atoms with Crippen LogP contribution in [0.1, 0.15) is 17.4 Å². The van der Waals surface area contributed by atoms with Gasteiger partial charge in [-0.05, 0) is 31.2 Å². The van der Waals surface area contributed by atoms with Gasteiger partial charge in [-0.15, -0.1) is 0 Å². The van der Waals surface area contributed by atoms with Gasteiger partial charge >= 0.3 is 5.97 Å². The Morgan fingerprint density at radius 3 is 2.65 bits per heavy atom. The quantitative estimate of drug-likeness (QED) is 0.842. The van der Waals surface area contributed by atoms with Gasteiger partial charge in [0.05, 0.1) is 5.69 Å². The number of hydrogen-bond acceptors (Lipinski definition) is 3. The maximum absolute atomic E-state index is 13.4. The minimum atomic E-state index is -1.04. The highest BCUT2D eigenvalue weighted by Crippen LogP contribution is 2.13. The molecule has 0 radical (unpaired) electrons. The first-order valence-electron chi connectivity index (χ1n) is 5.97. The van der Waals surface area contributed by atoms with Crippen LogP contribution in [0.3, 0.4) is 0 Å². The molecule has 20 heavy (non-hydrogen) atoms. The summed E-state index contributed by atoms with van der Waals surface area (Å²) in [7, 11) is 0. The fraction of sp³-hybridized carbons (Fsp3) is 0.143. The van der Waals surface area contributed by atoms with E-state index < -0.39 is 23.8 Å². The number of para-hydroxylation sites is 1. The van der Waals surface area contributed by atoms with Crippen LogP contribution >= 0.6 is 0 Å². The number of benzene rings is 1. The average molecular weight is 276 g/mol. The molecule has 0 bridgehead atoms. The molecule has 2 aromatic rings. The molecule has 0 aliphatic heterocycles. The Labute approximate surface area is 114 Å². The van der Waals surface area contributed by atoms with Crippen LogP contribution in [-0.4, -0.2) is 23.0 Å². The Bertz CT molecular complexity index is 611. The zero-order valence-electron chi connectivity index (χ0n) is 10.7. The number of carbonyl (C=O) groups excluding carboxylic acids is 2. The Balaban J connectivity index is 1.96. The van der Waals surface area contributed by atoms with Crippen molar-refractivity contribution in [2.75, 3.05) is 5.32 Å². The van der Waals surface area contributed by atoms with Gasteiger partial charge in [-0.3, -0.25) is 4.79 Å². The second-order valence-corrected chi connectivity index (χ2v) is 4.10. The molecule has 0 fully saturated rings. The Kier molecular flexibility index (Phi) is 4.14. The van der Waals surface area contributed by atoms with Crippen molar-refractivity contribution in [2.45, 2.75) is 13.0 Å². The number of anilines is 1. The highest BCUT2D eigenvalue weighted by molar-refractivity contribution is 5.96. The summed E-state index contributed by atoms with van der Waals surface area (Å²) in [6.07, 6.45) is 0.533. The fourth-order valence-electron chi connectivity index (χ4n) is 1.53. The molecule has 0 unspecified atom stereocenters. The number of carbonyl (C=O) groups is 2. The number of aromatic amines is 1. The Morgan fingerprint density at radius 1 is 1.25 bits per heavy atom. The van der Waals surface area contributed by atoms with Crippen molar-refractivity contribution in [3.63, 3.8) is 0 Å². The van der Waals surface area contributed by atoms with Crippen LogP contribution in [-0.2, 0) is 9.53 Å². The summed E-state index contributed by atoms with van der Waals surface area (Å²) >= 11 is 0. The van der Waals surface area contributed by atoms with Crippen molar-refractivity contribution in [1.29, 1.82) is 0 Å². The van der Waals surface area contributed by atoms with E-state index >= 15 is 0 Å². The fourth-order valence-corrected chi connectivity index (χ4v) is 1.53. The van der Waals surface area contributed by atoms with Crippen LogP contribution in [0.5, 0.6) is 0 Å². The van der Waals surface area contributed by atoms with E-state index in [-0.39, 0.29) is 11.4 Å². The molecule has 0 aliphatic rings. The predicted molar refractivity (Wildman–Crippen MR) is 70.7 cm³/mol. The molecule has 2 rings (SSSR count). The molecule has 0 spiro atoms. The van der Waals surface area contributed by atoms with Crippen molar-refractivity contribution in [1.82, 2.24) is 4.98 Å². The second-order valence-electron chi connectivity index (χ2n) is 4.10. The predicted octanol–water partition coefficient (Wildman–Crippen LogP) is 2.34. The maximum atomic E-state index is 13.4. The molecule has 1 aromatic heterocycles. The SMILES string of the molecule is C[C@@H](OC(=O)c1ccc[nH]1)C(=O)Nc1ccccc1F. The van der Waals surface area contributed by atoms with E-state index in [0.29, 0.717) is 0 Å². The average Bonchev–Trinajstić information content (AvgIpc) is 2.95. The minimum Gasteiger partial charge on any atom is -0.448 e. The first kappa shape index (κ1) is 13.8. The monoisotopic (exact) mass is 276 g/mol. The molecule has 1 heterocycles. The lowest BCUT2D eigenvalue weighted by molar-refractivity contribution is -0.123. The third kappa shape index (κ3) is 3.23. The first-order valence-corrected chi connectivity index (χ1v) is 5.97. The van der Waals surface area contributed by atoms with Crippen molar-refractivity contribution < 1.29 is 18.7 Å². The van der Waals surface area contributed by atoms with Gasteiger partial charge in [0.25, 0.3) is 5.91 Å². The molecule has 104 valence electrons. The summed E-state index contributed by atoms with van der Waals surface area (Å²) < 4.78 is 18.3. The summed E-state index contributed by atoms with van der Waals surface area (Å²) in [4.78, 5) is 26.1. The summed E-state index contributed by atoms with van der Waals surface area (Å²) in [6.45, 7) is 1.41. The van der Waals surface area contributed by atoms with Crippen LogP contribution in [0.4, 0.5) is 10.1 Å². The van der Waals surface area contributed by atoms with E-state index in [9.17, 15) is 14.0 Å². The molecular weight excluding hydrogens is 263 g/mol. The van der Waals surface area contributed by atoms with Crippen molar-refractivity contribution in [3.8, 4) is 0 Å². The summed E-state index contributed by atoms with van der Waals surface area (Å²) in [6, 6.07) is 8.93. The van der Waals surface area contributed by atoms with E-state index in [2.05, 4.69) is 10.3 Å². The normalized spacial score (nSPS) is 11.7. The van der Waals surface area contributed by atoms with Crippen molar-refractivity contribution in [3.05, 3.63) is 54.1 Å². The molecule has 6 heteroatoms. The van der Waals surface area contributed by atoms with Crippen LogP contribution in [0.15, 0.2) is 42.6 Å². The van der Waals surface area contributed by atoms with E-state index in [1.165, 1.54) is 31.2 Å². The Hall–Kier alpha value is -2.63. The highest BCUT2D eigenvalue weighted by Gasteiger charge is 2.20. The van der Waals surface area contributed by atoms with E-state index in [0.717, 1.165) is 0 Å². The molecule has 5 nitrogen and oxygen atoms in total. The van der Waals surface area contributed by atoms with Gasteiger partial charge in [-0.2, -0.15) is 0 Å². The molecule has 0 saturated carbocycles. The highest BCUT2D eigenvalue weighted by atomic mass is 19.1. The summed E-state index contributed by atoms with van der Waals surface area (Å²) in [5.74, 6) is -1.80. The lowest BCUT2D eigenvalue weighted by atomic mass is 10.3. The molecule has 0 aliphatic carbocycles. The number of amides is 1. The first-order chi connectivity index (χ1) is 9.58. The van der Waals surface area contributed by atoms with Crippen LogP contribution in [0, 0.1) is 5.82 Å². The van der Waals surface area contributed by atoms with Crippen LogP contribution < -0.4 is 5.32 Å². The lowest BCUT2D eigenvalue weighted by Crippen LogP contribution is -2.30. The number of aromatic nitrogens is 1. The molecule has 1 amide bonds. The topological polar surface area (TPSA) is 71.2 Å². The van der Waals surface area contributed by atoms with Crippen molar-refractivity contribution >= 4 is 17.6 Å². The number of rotatable bonds is 4. The number of esters is 1. The second kappa shape index (κ2) is 6.01. The van der Waals surface area contributed by atoms with E-state index in [1.807, 2.05) is 0 Å². The number of nitrogens with one attached hydrogen (secondary N) is 2. The van der Waals surface area contributed by atoms with Gasteiger partial charge in [0.2, 0.25) is 0 Å². The number of halogens is 1. The van der Waals surface area contributed by atoms with Gasteiger partial charge in [0.1, 0.15) is 11.5 Å². The largest absolute Gasteiger partial charge is 0.448 e. The van der Waals surface area contributed by atoms with Gasteiger partial charge in [0.15, 0.2) is 6.10 Å². The lowest BCUT2D eigenvalue weighted by Gasteiger charge is -2.13. The number of hydrogen-bond donors (Lipinski definition) is 2. The standard InChI is InChI=1S/C14H13FN2O3/c1-9(20-14(19)12-7-4-8-16-12)13(18)17-11-6-3-2-5-10(11)15/h2-9,16H,1H3,(H,17,18)/t9-/m1/s1. The Morgan fingerprint density at radius 2 is 2.00 bits per heavy atom. The molecule has 1 atom stereocenters. The third-order valence-electron chi connectivity index (χ3n) is 2.60. The maximum Gasteiger partial charge on any atom is 0.355 e. The van der Waals surface area contributed by atoms with E-state index in [4.69, 9.17) is 4.74 Å². The minimum absolute atomic E-state index is 0.0419.